The average molecular weight is 720 g/mol. The van der Waals surface area contributed by atoms with Crippen molar-refractivity contribution in [3.8, 4) is 0 Å². The van der Waals surface area contributed by atoms with Crippen molar-refractivity contribution < 1.29 is 23.5 Å². The number of cyclic esters (lactones) is 1. The van der Waals surface area contributed by atoms with Crippen LogP contribution in [0.5, 0.6) is 0 Å². The van der Waals surface area contributed by atoms with Gasteiger partial charge in [-0.05, 0) is 90.3 Å². The summed E-state index contributed by atoms with van der Waals surface area (Å²) in [5.41, 5.74) is -0.624. The Balaban J connectivity index is 2.30. The monoisotopic (exact) mass is 720 g/mol. The third kappa shape index (κ3) is 17.4. The van der Waals surface area contributed by atoms with E-state index in [1.165, 1.54) is 89.9 Å². The Morgan fingerprint density at radius 1 is 0.800 bits per heavy atom. The lowest BCUT2D eigenvalue weighted by atomic mass is 10.0. The second-order valence-electron chi connectivity index (χ2n) is 18.1. The molecule has 0 aliphatic carbocycles. The third-order valence-corrected chi connectivity index (χ3v) is 15.9. The van der Waals surface area contributed by atoms with Crippen molar-refractivity contribution in [2.45, 2.75) is 251 Å². The van der Waals surface area contributed by atoms with Gasteiger partial charge in [-0.1, -0.05) is 136 Å². The van der Waals surface area contributed by atoms with Crippen LogP contribution in [-0.2, 0) is 18.7 Å². The van der Waals surface area contributed by atoms with E-state index in [0.29, 0.717) is 12.8 Å². The maximum absolute atomic E-state index is 14.3. The van der Waals surface area contributed by atoms with E-state index in [0.717, 1.165) is 51.4 Å². The minimum atomic E-state index is -2.14. The van der Waals surface area contributed by atoms with Gasteiger partial charge in [-0.25, -0.2) is 4.79 Å². The zero-order valence-electron chi connectivity index (χ0n) is 34.4. The first-order valence-electron chi connectivity index (χ1n) is 21.2. The highest BCUT2D eigenvalue weighted by molar-refractivity contribution is 6.74. The zero-order chi connectivity index (χ0) is 37.0. The molecule has 0 aromatic heterocycles. The van der Waals surface area contributed by atoms with E-state index >= 15 is 0 Å². The van der Waals surface area contributed by atoms with Crippen LogP contribution in [0.25, 0.3) is 0 Å². The van der Waals surface area contributed by atoms with Crippen molar-refractivity contribution >= 4 is 20.4 Å². The van der Waals surface area contributed by atoms with E-state index in [9.17, 15) is 9.59 Å². The first-order valence-corrected chi connectivity index (χ1v) is 24.1. The SMILES string of the molecule is CCCCCCCCCCCC[C@H](O[Si](C)(C)C(C)(C)C)[C@@H]1CC[C@@H](C2CC/C=C/CCCCCCCCCC(=O)O2)N1C(=O)OC(C)(C)C. The van der Waals surface area contributed by atoms with Gasteiger partial charge >= 0.3 is 12.1 Å². The minimum absolute atomic E-state index is 0.0582. The number of carbonyl (C=O) groups excluding carboxylic acids is 2. The topological polar surface area (TPSA) is 65.1 Å². The molecule has 0 bridgehead atoms. The number of amides is 1. The number of allylic oxidation sites excluding steroid dienone is 2. The van der Waals surface area contributed by atoms with Gasteiger partial charge in [-0.15, -0.1) is 0 Å². The highest BCUT2D eigenvalue weighted by atomic mass is 28.4. The van der Waals surface area contributed by atoms with E-state index in [1.54, 1.807) is 0 Å². The smallest absolute Gasteiger partial charge is 0.411 e. The molecule has 1 unspecified atom stereocenters. The van der Waals surface area contributed by atoms with Crippen LogP contribution < -0.4 is 0 Å². The number of ether oxygens (including phenoxy) is 2. The van der Waals surface area contributed by atoms with Crippen LogP contribution >= 0.6 is 0 Å². The minimum Gasteiger partial charge on any atom is -0.460 e. The lowest BCUT2D eigenvalue weighted by molar-refractivity contribution is -0.153. The standard InChI is InChI=1S/C43H81NO5Si/c1-10-11-12-13-14-15-19-23-26-29-32-39(49-50(8,9)43(5,6)7)37-35-34-36(44(37)41(46)48-42(2,3)4)38-31-28-25-22-20-17-16-18-21-24-27-30-33-40(45)47-38/h22,25,36-39H,10-21,23-24,26-35H2,1-9H3/b25-22+/t36-,37-,38?,39-/m0/s1. The Hall–Kier alpha value is -1.34. The quantitative estimate of drug-likeness (QED) is 0.0729. The van der Waals surface area contributed by atoms with Gasteiger partial charge < -0.3 is 13.9 Å². The molecule has 0 aromatic rings. The van der Waals surface area contributed by atoms with Gasteiger partial charge in [0.2, 0.25) is 0 Å². The van der Waals surface area contributed by atoms with Crippen molar-refractivity contribution in [3.05, 3.63) is 12.2 Å². The molecule has 4 atom stereocenters. The van der Waals surface area contributed by atoms with E-state index < -0.39 is 13.9 Å². The van der Waals surface area contributed by atoms with Gasteiger partial charge in [0.1, 0.15) is 11.7 Å². The van der Waals surface area contributed by atoms with Gasteiger partial charge in [-0.2, -0.15) is 0 Å². The fraction of sp³-hybridized carbons (Fsp3) is 0.907. The molecular formula is C43H81NO5Si. The maximum Gasteiger partial charge on any atom is 0.411 e. The number of likely N-dealkylation sites (tertiary alicyclic amines) is 1. The summed E-state index contributed by atoms with van der Waals surface area (Å²) in [7, 11) is -2.14. The second kappa shape index (κ2) is 23.3. The van der Waals surface area contributed by atoms with Gasteiger partial charge in [-0.3, -0.25) is 9.69 Å². The summed E-state index contributed by atoms with van der Waals surface area (Å²) in [5.74, 6) is -0.127. The molecule has 6 nitrogen and oxygen atoms in total. The average Bonchev–Trinajstić information content (AvgIpc) is 3.46. The molecule has 7 heteroatoms. The molecule has 2 rings (SSSR count). The number of hydrogen-bond acceptors (Lipinski definition) is 5. The molecule has 1 fully saturated rings. The predicted octanol–water partition coefficient (Wildman–Crippen LogP) is 13.2. The molecule has 0 aromatic carbocycles. The summed E-state index contributed by atoms with van der Waals surface area (Å²) < 4.78 is 19.7. The van der Waals surface area contributed by atoms with Gasteiger partial charge in [0.25, 0.3) is 0 Å². The van der Waals surface area contributed by atoms with Gasteiger partial charge in [0.15, 0.2) is 8.32 Å². The largest absolute Gasteiger partial charge is 0.460 e. The molecule has 0 spiro atoms. The third-order valence-electron chi connectivity index (χ3n) is 11.3. The van der Waals surface area contributed by atoms with E-state index in [-0.39, 0.29) is 41.4 Å². The fourth-order valence-electron chi connectivity index (χ4n) is 7.37. The molecule has 292 valence electrons. The highest BCUT2D eigenvalue weighted by Gasteiger charge is 2.49. The van der Waals surface area contributed by atoms with E-state index in [4.69, 9.17) is 13.9 Å². The molecule has 1 saturated heterocycles. The Kier molecular flexibility index (Phi) is 20.9. The van der Waals surface area contributed by atoms with Gasteiger partial charge in [0, 0.05) is 6.42 Å². The summed E-state index contributed by atoms with van der Waals surface area (Å²) in [6.07, 6.45) is 30.6. The lowest BCUT2D eigenvalue weighted by Crippen LogP contribution is -2.55. The number of unbranched alkanes of at least 4 members (excludes halogenated alkanes) is 9. The maximum atomic E-state index is 14.3. The summed E-state index contributed by atoms with van der Waals surface area (Å²) in [4.78, 5) is 29.5. The van der Waals surface area contributed by atoms with E-state index in [2.05, 4.69) is 52.9 Å². The Bertz CT molecular complexity index is 967. The van der Waals surface area contributed by atoms with Crippen molar-refractivity contribution in [1.82, 2.24) is 4.90 Å². The molecule has 1 amide bonds. The normalized spacial score (nSPS) is 23.7. The molecule has 2 aliphatic rings. The Morgan fingerprint density at radius 2 is 1.36 bits per heavy atom. The Labute approximate surface area is 310 Å². The van der Waals surface area contributed by atoms with E-state index in [1.807, 2.05) is 25.7 Å². The summed E-state index contributed by atoms with van der Waals surface area (Å²) in [5, 5.41) is 0.0582. The molecule has 0 N–H and O–H groups in total. The van der Waals surface area contributed by atoms with Crippen molar-refractivity contribution in [1.29, 1.82) is 0 Å². The van der Waals surface area contributed by atoms with Gasteiger partial charge in [0.05, 0.1) is 18.2 Å². The number of hydrogen-bond donors (Lipinski definition) is 0. The molecule has 0 radical (unpaired) electrons. The molecular weight excluding hydrogens is 639 g/mol. The van der Waals surface area contributed by atoms with Crippen LogP contribution in [-0.4, -0.2) is 55.2 Å². The molecule has 50 heavy (non-hydrogen) atoms. The molecule has 0 saturated carbocycles. The first kappa shape index (κ1) is 44.8. The zero-order valence-corrected chi connectivity index (χ0v) is 35.4. The summed E-state index contributed by atoms with van der Waals surface area (Å²) >= 11 is 0. The van der Waals surface area contributed by atoms with Crippen LogP contribution in [0.1, 0.15) is 203 Å². The highest BCUT2D eigenvalue weighted by Crippen LogP contribution is 2.41. The number of esters is 1. The number of nitrogens with zero attached hydrogens (tertiary/aromatic N) is 1. The van der Waals surface area contributed by atoms with Crippen molar-refractivity contribution in [3.63, 3.8) is 0 Å². The fourth-order valence-corrected chi connectivity index (χ4v) is 8.75. The van der Waals surface area contributed by atoms with Crippen molar-refractivity contribution in [2.75, 3.05) is 0 Å². The predicted molar refractivity (Wildman–Crippen MR) is 213 cm³/mol. The lowest BCUT2D eigenvalue weighted by Gasteiger charge is -2.44. The van der Waals surface area contributed by atoms with Crippen LogP contribution in [0.4, 0.5) is 4.79 Å². The van der Waals surface area contributed by atoms with Crippen molar-refractivity contribution in [2.24, 2.45) is 0 Å². The van der Waals surface area contributed by atoms with Crippen LogP contribution in [0.3, 0.4) is 0 Å². The second-order valence-corrected chi connectivity index (χ2v) is 22.8. The number of rotatable bonds is 15. The molecule has 2 aliphatic heterocycles. The van der Waals surface area contributed by atoms with Crippen LogP contribution in [0.15, 0.2) is 12.2 Å². The summed E-state index contributed by atoms with van der Waals surface area (Å²) in [6.45, 7) is 19.7. The Morgan fingerprint density at radius 3 is 1.96 bits per heavy atom. The molecule has 2 heterocycles. The summed E-state index contributed by atoms with van der Waals surface area (Å²) in [6, 6.07) is -0.318. The first-order chi connectivity index (χ1) is 23.7. The number of carbonyl (C=O) groups is 2. The van der Waals surface area contributed by atoms with Crippen LogP contribution in [0.2, 0.25) is 18.1 Å². The van der Waals surface area contributed by atoms with Crippen LogP contribution in [0, 0.1) is 0 Å².